The van der Waals surface area contributed by atoms with Crippen molar-refractivity contribution < 1.29 is 5.21 Å². The minimum Gasteiger partial charge on any atom is -0.409 e. The summed E-state index contributed by atoms with van der Waals surface area (Å²) in [5.41, 5.74) is 6.57. The van der Waals surface area contributed by atoms with E-state index in [2.05, 4.69) is 10.1 Å². The minimum absolute atomic E-state index is 0.226. The second-order valence-corrected chi connectivity index (χ2v) is 3.44. The standard InChI is InChI=1S/C10H16N4O/c1-14(8-10(11)13-15)6-4-9-3-2-5-12-7-9/h2-3,5,7,15H,4,6,8H2,1H3,(H2,11,13). The van der Waals surface area contributed by atoms with Gasteiger partial charge in [-0.25, -0.2) is 0 Å². The monoisotopic (exact) mass is 208 g/mol. The molecule has 0 aliphatic rings. The van der Waals surface area contributed by atoms with Crippen molar-refractivity contribution in [2.45, 2.75) is 6.42 Å². The zero-order valence-electron chi connectivity index (χ0n) is 8.80. The van der Waals surface area contributed by atoms with E-state index >= 15 is 0 Å². The Hall–Kier alpha value is -1.62. The molecule has 1 aromatic heterocycles. The Bertz CT molecular complexity index is 312. The largest absolute Gasteiger partial charge is 0.409 e. The summed E-state index contributed by atoms with van der Waals surface area (Å²) in [5.74, 6) is 0.226. The van der Waals surface area contributed by atoms with Crippen LogP contribution in [0.15, 0.2) is 29.7 Å². The molecule has 0 saturated carbocycles. The van der Waals surface area contributed by atoms with Crippen molar-refractivity contribution in [2.24, 2.45) is 10.9 Å². The molecule has 15 heavy (non-hydrogen) atoms. The average molecular weight is 208 g/mol. The molecule has 3 N–H and O–H groups in total. The first-order valence-electron chi connectivity index (χ1n) is 4.76. The molecular formula is C10H16N4O. The molecule has 0 bridgehead atoms. The Balaban J connectivity index is 2.31. The van der Waals surface area contributed by atoms with Crippen LogP contribution in [-0.4, -0.2) is 41.1 Å². The fourth-order valence-electron chi connectivity index (χ4n) is 1.25. The van der Waals surface area contributed by atoms with Crippen LogP contribution in [0.4, 0.5) is 0 Å². The topological polar surface area (TPSA) is 74.7 Å². The predicted octanol–water partition coefficient (Wildman–Crippen LogP) is 0.302. The van der Waals surface area contributed by atoms with Crippen molar-refractivity contribution in [2.75, 3.05) is 20.1 Å². The van der Waals surface area contributed by atoms with Crippen molar-refractivity contribution in [1.82, 2.24) is 9.88 Å². The molecule has 1 rings (SSSR count). The number of aromatic nitrogens is 1. The first-order chi connectivity index (χ1) is 7.22. The lowest BCUT2D eigenvalue weighted by atomic mass is 10.2. The molecule has 0 aromatic carbocycles. The number of nitrogens with zero attached hydrogens (tertiary/aromatic N) is 3. The number of hydrogen-bond acceptors (Lipinski definition) is 4. The maximum Gasteiger partial charge on any atom is 0.153 e. The molecule has 0 fully saturated rings. The van der Waals surface area contributed by atoms with E-state index in [1.807, 2.05) is 30.3 Å². The van der Waals surface area contributed by atoms with Crippen LogP contribution in [0.2, 0.25) is 0 Å². The summed E-state index contributed by atoms with van der Waals surface area (Å²) in [6, 6.07) is 3.95. The lowest BCUT2D eigenvalue weighted by Gasteiger charge is -2.14. The zero-order valence-corrected chi connectivity index (χ0v) is 8.80. The quantitative estimate of drug-likeness (QED) is 0.316. The average Bonchev–Trinajstić information content (AvgIpc) is 2.27. The van der Waals surface area contributed by atoms with Gasteiger partial charge in [-0.15, -0.1) is 0 Å². The molecular weight excluding hydrogens is 192 g/mol. The summed E-state index contributed by atoms with van der Waals surface area (Å²) in [6.07, 6.45) is 4.50. The van der Waals surface area contributed by atoms with Crippen molar-refractivity contribution in [3.63, 3.8) is 0 Å². The van der Waals surface area contributed by atoms with Gasteiger partial charge in [0.2, 0.25) is 0 Å². The van der Waals surface area contributed by atoms with E-state index < -0.39 is 0 Å². The molecule has 0 radical (unpaired) electrons. The molecule has 5 nitrogen and oxygen atoms in total. The molecule has 0 unspecified atom stereocenters. The third kappa shape index (κ3) is 4.42. The van der Waals surface area contributed by atoms with Crippen LogP contribution in [-0.2, 0) is 6.42 Å². The van der Waals surface area contributed by atoms with Crippen molar-refractivity contribution in [3.8, 4) is 0 Å². The van der Waals surface area contributed by atoms with Crippen LogP contribution in [0.3, 0.4) is 0 Å². The number of nitrogens with two attached hydrogens (primary N) is 1. The van der Waals surface area contributed by atoms with Gasteiger partial charge in [0.25, 0.3) is 0 Å². The Morgan fingerprint density at radius 3 is 3.07 bits per heavy atom. The molecule has 0 spiro atoms. The Morgan fingerprint density at radius 1 is 1.67 bits per heavy atom. The van der Waals surface area contributed by atoms with E-state index in [9.17, 15) is 0 Å². The summed E-state index contributed by atoms with van der Waals surface area (Å²) >= 11 is 0. The SMILES string of the molecule is CN(CCc1cccnc1)CC(N)=NO. The van der Waals surface area contributed by atoms with Gasteiger partial charge in [-0.3, -0.25) is 9.88 Å². The van der Waals surface area contributed by atoms with Crippen molar-refractivity contribution in [1.29, 1.82) is 0 Å². The number of likely N-dealkylation sites (N-methyl/N-ethyl adjacent to an activating group) is 1. The molecule has 0 aliphatic heterocycles. The predicted molar refractivity (Wildman–Crippen MR) is 58.8 cm³/mol. The van der Waals surface area contributed by atoms with Gasteiger partial charge in [0.15, 0.2) is 5.84 Å². The highest BCUT2D eigenvalue weighted by Crippen LogP contribution is 1.97. The van der Waals surface area contributed by atoms with Crippen LogP contribution in [0.25, 0.3) is 0 Å². The van der Waals surface area contributed by atoms with E-state index in [0.29, 0.717) is 6.54 Å². The Morgan fingerprint density at radius 2 is 2.47 bits per heavy atom. The Kier molecular flexibility index (Phi) is 4.56. The molecule has 1 heterocycles. The van der Waals surface area contributed by atoms with E-state index in [1.54, 1.807) is 6.20 Å². The maximum absolute atomic E-state index is 8.40. The first kappa shape index (κ1) is 11.5. The van der Waals surface area contributed by atoms with Crippen LogP contribution < -0.4 is 5.73 Å². The highest BCUT2D eigenvalue weighted by molar-refractivity contribution is 5.81. The first-order valence-corrected chi connectivity index (χ1v) is 4.76. The fourth-order valence-corrected chi connectivity index (χ4v) is 1.25. The number of oxime groups is 1. The van der Waals surface area contributed by atoms with Gasteiger partial charge >= 0.3 is 0 Å². The maximum atomic E-state index is 8.40. The van der Waals surface area contributed by atoms with Crippen LogP contribution >= 0.6 is 0 Å². The number of amidine groups is 1. The second-order valence-electron chi connectivity index (χ2n) is 3.44. The third-order valence-corrected chi connectivity index (χ3v) is 2.07. The van der Waals surface area contributed by atoms with Crippen molar-refractivity contribution in [3.05, 3.63) is 30.1 Å². The molecule has 0 aliphatic carbocycles. The van der Waals surface area contributed by atoms with Gasteiger partial charge in [0.1, 0.15) is 0 Å². The summed E-state index contributed by atoms with van der Waals surface area (Å²) in [6.45, 7) is 1.32. The van der Waals surface area contributed by atoms with Gasteiger partial charge in [-0.2, -0.15) is 0 Å². The molecule has 82 valence electrons. The molecule has 5 heteroatoms. The van der Waals surface area contributed by atoms with Crippen LogP contribution in [0.1, 0.15) is 5.56 Å². The van der Waals surface area contributed by atoms with Gasteiger partial charge in [0.05, 0.1) is 6.54 Å². The number of rotatable bonds is 5. The lowest BCUT2D eigenvalue weighted by molar-refractivity contribution is 0.310. The van der Waals surface area contributed by atoms with Gasteiger partial charge < -0.3 is 10.9 Å². The minimum atomic E-state index is 0.226. The fraction of sp³-hybridized carbons (Fsp3) is 0.400. The van der Waals surface area contributed by atoms with Crippen molar-refractivity contribution >= 4 is 5.84 Å². The molecule has 0 amide bonds. The normalized spacial score (nSPS) is 12.0. The zero-order chi connectivity index (χ0) is 11.1. The summed E-state index contributed by atoms with van der Waals surface area (Å²) in [5, 5.41) is 11.3. The number of pyridine rings is 1. The highest BCUT2D eigenvalue weighted by atomic mass is 16.4. The summed E-state index contributed by atoms with van der Waals surface area (Å²) < 4.78 is 0. The van der Waals surface area contributed by atoms with Gasteiger partial charge in [-0.05, 0) is 25.1 Å². The molecule has 0 atom stereocenters. The van der Waals surface area contributed by atoms with Gasteiger partial charge in [-0.1, -0.05) is 11.2 Å². The highest BCUT2D eigenvalue weighted by Gasteiger charge is 2.01. The van der Waals surface area contributed by atoms with Gasteiger partial charge in [0, 0.05) is 18.9 Å². The van der Waals surface area contributed by atoms with E-state index in [4.69, 9.17) is 10.9 Å². The van der Waals surface area contributed by atoms with Crippen LogP contribution in [0.5, 0.6) is 0 Å². The van der Waals surface area contributed by atoms with E-state index in [0.717, 1.165) is 13.0 Å². The molecule has 0 saturated heterocycles. The van der Waals surface area contributed by atoms with Crippen LogP contribution in [0, 0.1) is 0 Å². The smallest absolute Gasteiger partial charge is 0.153 e. The second kappa shape index (κ2) is 5.98. The molecule has 1 aromatic rings. The summed E-state index contributed by atoms with van der Waals surface area (Å²) in [4.78, 5) is 6.02. The third-order valence-electron chi connectivity index (χ3n) is 2.07. The van der Waals surface area contributed by atoms with E-state index in [1.165, 1.54) is 5.56 Å². The van der Waals surface area contributed by atoms with E-state index in [-0.39, 0.29) is 5.84 Å². The number of hydrogen-bond donors (Lipinski definition) is 2. The lowest BCUT2D eigenvalue weighted by Crippen LogP contribution is -2.32. The summed E-state index contributed by atoms with van der Waals surface area (Å²) in [7, 11) is 1.93. The Labute approximate surface area is 89.2 Å².